The van der Waals surface area contributed by atoms with Gasteiger partial charge >= 0.3 is 5.97 Å². The SMILES string of the molecule is CC(=O)OC1(Cc2ccccc2)c2[nH]c3ccc(F)cc3c2CCC1Cl. The van der Waals surface area contributed by atoms with Crippen LogP contribution in [0.5, 0.6) is 0 Å². The number of carbonyl (C=O) groups excluding carboxylic acids is 1. The fraction of sp³-hybridized carbons (Fsp3) is 0.286. The van der Waals surface area contributed by atoms with Gasteiger partial charge in [-0.3, -0.25) is 4.79 Å². The zero-order chi connectivity index (χ0) is 18.3. The van der Waals surface area contributed by atoms with Crippen LogP contribution in [0.2, 0.25) is 0 Å². The van der Waals surface area contributed by atoms with Crippen LogP contribution in [0.3, 0.4) is 0 Å². The maximum absolute atomic E-state index is 13.8. The van der Waals surface area contributed by atoms with E-state index in [0.29, 0.717) is 19.3 Å². The molecule has 2 unspecified atom stereocenters. The number of H-pyrrole nitrogens is 1. The number of benzene rings is 2. The quantitative estimate of drug-likeness (QED) is 0.527. The molecule has 26 heavy (non-hydrogen) atoms. The number of hydrogen-bond donors (Lipinski definition) is 1. The number of hydrogen-bond acceptors (Lipinski definition) is 2. The Morgan fingerprint density at radius 1 is 1.31 bits per heavy atom. The second-order valence-electron chi connectivity index (χ2n) is 6.82. The lowest BCUT2D eigenvalue weighted by atomic mass is 9.78. The predicted molar refractivity (Wildman–Crippen MR) is 99.8 cm³/mol. The van der Waals surface area contributed by atoms with Crippen LogP contribution in [-0.4, -0.2) is 16.3 Å². The second-order valence-corrected chi connectivity index (χ2v) is 7.35. The Bertz CT molecular complexity index is 969. The number of nitrogens with one attached hydrogen (secondary N) is 1. The molecule has 1 heterocycles. The van der Waals surface area contributed by atoms with Crippen LogP contribution in [0.1, 0.15) is 30.2 Å². The number of fused-ring (bicyclic) bond motifs is 3. The van der Waals surface area contributed by atoms with Gasteiger partial charge in [0.25, 0.3) is 0 Å². The van der Waals surface area contributed by atoms with E-state index in [4.69, 9.17) is 16.3 Å². The topological polar surface area (TPSA) is 42.1 Å². The largest absolute Gasteiger partial charge is 0.451 e. The minimum atomic E-state index is -1.00. The summed E-state index contributed by atoms with van der Waals surface area (Å²) < 4.78 is 19.7. The standard InChI is InChI=1S/C21H19ClFNO2/c1-13(25)26-21(12-14-5-3-2-4-6-14)19(22)10-8-16-17-11-15(23)7-9-18(17)24-20(16)21/h2-7,9,11,19,24H,8,10,12H2,1H3. The van der Waals surface area contributed by atoms with Gasteiger partial charge < -0.3 is 9.72 Å². The van der Waals surface area contributed by atoms with Gasteiger partial charge in [0.2, 0.25) is 0 Å². The summed E-state index contributed by atoms with van der Waals surface area (Å²) in [7, 11) is 0. The first-order valence-electron chi connectivity index (χ1n) is 8.68. The van der Waals surface area contributed by atoms with Gasteiger partial charge in [-0.2, -0.15) is 0 Å². The maximum Gasteiger partial charge on any atom is 0.303 e. The van der Waals surface area contributed by atoms with Gasteiger partial charge in [0.05, 0.1) is 11.1 Å². The summed E-state index contributed by atoms with van der Waals surface area (Å²) in [6.07, 6.45) is 1.83. The number of carbonyl (C=O) groups is 1. The van der Waals surface area contributed by atoms with Gasteiger partial charge in [-0.1, -0.05) is 30.3 Å². The second kappa shape index (κ2) is 6.44. The van der Waals surface area contributed by atoms with E-state index in [1.165, 1.54) is 19.1 Å². The van der Waals surface area contributed by atoms with Crippen LogP contribution in [0, 0.1) is 5.82 Å². The highest BCUT2D eigenvalue weighted by atomic mass is 35.5. The minimum absolute atomic E-state index is 0.284. The lowest BCUT2D eigenvalue weighted by Crippen LogP contribution is -2.46. The number of alkyl halides is 1. The van der Waals surface area contributed by atoms with E-state index in [1.54, 1.807) is 6.07 Å². The van der Waals surface area contributed by atoms with Crippen molar-refractivity contribution < 1.29 is 13.9 Å². The molecule has 1 aromatic heterocycles. The molecule has 4 rings (SSSR count). The molecule has 0 amide bonds. The molecule has 0 radical (unpaired) electrons. The number of aromatic amines is 1. The number of aromatic nitrogens is 1. The lowest BCUT2D eigenvalue weighted by molar-refractivity contribution is -0.160. The van der Waals surface area contributed by atoms with Crippen molar-refractivity contribution in [2.24, 2.45) is 0 Å². The summed E-state index contributed by atoms with van der Waals surface area (Å²) in [5.41, 5.74) is 2.61. The van der Waals surface area contributed by atoms with Crippen molar-refractivity contribution in [2.75, 3.05) is 0 Å². The third-order valence-corrected chi connectivity index (χ3v) is 5.65. The molecule has 134 valence electrons. The molecule has 0 saturated carbocycles. The lowest BCUT2D eigenvalue weighted by Gasteiger charge is -2.40. The van der Waals surface area contributed by atoms with Crippen molar-refractivity contribution in [3.8, 4) is 0 Å². The molecule has 0 saturated heterocycles. The first-order valence-corrected chi connectivity index (χ1v) is 9.11. The van der Waals surface area contributed by atoms with Gasteiger partial charge in [-0.05, 0) is 42.2 Å². The van der Waals surface area contributed by atoms with Gasteiger partial charge in [-0.25, -0.2) is 4.39 Å². The normalized spacial score (nSPS) is 22.2. The Morgan fingerprint density at radius 2 is 2.08 bits per heavy atom. The van der Waals surface area contributed by atoms with Gasteiger partial charge in [-0.15, -0.1) is 11.6 Å². The van der Waals surface area contributed by atoms with E-state index in [1.807, 2.05) is 30.3 Å². The zero-order valence-electron chi connectivity index (χ0n) is 14.4. The summed E-state index contributed by atoms with van der Waals surface area (Å²) in [5.74, 6) is -0.669. The van der Waals surface area contributed by atoms with Crippen molar-refractivity contribution in [1.82, 2.24) is 4.98 Å². The van der Waals surface area contributed by atoms with Gasteiger partial charge in [0.15, 0.2) is 5.60 Å². The first-order chi connectivity index (χ1) is 12.5. The summed E-state index contributed by atoms with van der Waals surface area (Å²) in [4.78, 5) is 15.3. The highest BCUT2D eigenvalue weighted by Crippen LogP contribution is 2.46. The number of aryl methyl sites for hydroxylation is 1. The molecule has 0 aliphatic heterocycles. The van der Waals surface area contributed by atoms with Crippen LogP contribution < -0.4 is 0 Å². The van der Waals surface area contributed by atoms with Crippen molar-refractivity contribution in [3.05, 3.63) is 71.2 Å². The number of ether oxygens (including phenoxy) is 1. The molecule has 2 atom stereocenters. The molecule has 0 fully saturated rings. The highest BCUT2D eigenvalue weighted by molar-refractivity contribution is 6.21. The molecule has 2 aromatic carbocycles. The van der Waals surface area contributed by atoms with Crippen molar-refractivity contribution in [1.29, 1.82) is 0 Å². The monoisotopic (exact) mass is 371 g/mol. The smallest absolute Gasteiger partial charge is 0.303 e. The van der Waals surface area contributed by atoms with E-state index in [0.717, 1.165) is 27.7 Å². The summed E-state index contributed by atoms with van der Waals surface area (Å²) in [6.45, 7) is 1.40. The summed E-state index contributed by atoms with van der Waals surface area (Å²) in [5, 5.41) is 0.449. The van der Waals surface area contributed by atoms with Crippen LogP contribution in [0.25, 0.3) is 10.9 Å². The molecule has 1 aliphatic rings. The summed E-state index contributed by atoms with van der Waals surface area (Å²) >= 11 is 6.75. The third kappa shape index (κ3) is 2.78. The van der Waals surface area contributed by atoms with E-state index in [-0.39, 0.29) is 17.2 Å². The van der Waals surface area contributed by atoms with Crippen LogP contribution >= 0.6 is 11.6 Å². The third-order valence-electron chi connectivity index (χ3n) is 5.08. The predicted octanol–water partition coefficient (Wildman–Crippen LogP) is 4.86. The Labute approximate surface area is 156 Å². The number of halogens is 2. The van der Waals surface area contributed by atoms with Crippen molar-refractivity contribution in [3.63, 3.8) is 0 Å². The van der Waals surface area contributed by atoms with Crippen LogP contribution in [-0.2, 0) is 28.0 Å². The molecule has 5 heteroatoms. The Hall–Kier alpha value is -2.33. The van der Waals surface area contributed by atoms with Crippen molar-refractivity contribution >= 4 is 28.5 Å². The fourth-order valence-electron chi connectivity index (χ4n) is 4.01. The minimum Gasteiger partial charge on any atom is -0.451 e. The van der Waals surface area contributed by atoms with E-state index in [2.05, 4.69) is 4.98 Å². The van der Waals surface area contributed by atoms with Crippen LogP contribution in [0.4, 0.5) is 4.39 Å². The maximum atomic E-state index is 13.8. The highest BCUT2D eigenvalue weighted by Gasteiger charge is 2.48. The average molecular weight is 372 g/mol. The molecule has 0 bridgehead atoms. The van der Waals surface area contributed by atoms with Gasteiger partial charge in [0, 0.05) is 24.2 Å². The molecule has 3 aromatic rings. The summed E-state index contributed by atoms with van der Waals surface area (Å²) in [6, 6.07) is 14.5. The Morgan fingerprint density at radius 3 is 2.81 bits per heavy atom. The Balaban J connectivity index is 1.93. The first kappa shape index (κ1) is 17.1. The molecular formula is C21H19ClFNO2. The average Bonchev–Trinajstić information content (AvgIpc) is 2.97. The van der Waals surface area contributed by atoms with Gasteiger partial charge in [0.1, 0.15) is 5.82 Å². The van der Waals surface area contributed by atoms with Crippen molar-refractivity contribution in [2.45, 2.75) is 37.2 Å². The molecule has 1 N–H and O–H groups in total. The fourth-order valence-corrected chi connectivity index (χ4v) is 4.35. The number of esters is 1. The van der Waals surface area contributed by atoms with E-state index < -0.39 is 5.60 Å². The molecule has 0 spiro atoms. The molecule has 3 nitrogen and oxygen atoms in total. The Kier molecular flexibility index (Phi) is 4.23. The van der Waals surface area contributed by atoms with E-state index in [9.17, 15) is 9.18 Å². The number of rotatable bonds is 3. The molecule has 1 aliphatic carbocycles. The van der Waals surface area contributed by atoms with Crippen LogP contribution in [0.15, 0.2) is 48.5 Å². The molecular weight excluding hydrogens is 353 g/mol. The zero-order valence-corrected chi connectivity index (χ0v) is 15.1. The van der Waals surface area contributed by atoms with E-state index >= 15 is 0 Å².